The number of carbonyl (C=O) groups is 1. The van der Waals surface area contributed by atoms with Crippen LogP contribution in [0.25, 0.3) is 0 Å². The molecular formula is C20H23NO4. The van der Waals surface area contributed by atoms with E-state index in [9.17, 15) is 9.90 Å². The Bertz CT molecular complexity index is 773. The summed E-state index contributed by atoms with van der Waals surface area (Å²) in [5.41, 5.74) is -0.123. The number of amides is 1. The Kier molecular flexibility index (Phi) is 5.89. The van der Waals surface area contributed by atoms with Crippen molar-refractivity contribution in [3.05, 3.63) is 53.5 Å². The van der Waals surface area contributed by atoms with Crippen LogP contribution in [0.1, 0.15) is 55.1 Å². The first-order valence-corrected chi connectivity index (χ1v) is 8.12. The van der Waals surface area contributed by atoms with Gasteiger partial charge in [-0.15, -0.1) is 0 Å². The molecule has 1 atom stereocenters. The maximum Gasteiger partial charge on any atom is 0.287 e. The molecule has 2 N–H and O–H groups in total. The van der Waals surface area contributed by atoms with Gasteiger partial charge in [0.25, 0.3) is 5.91 Å². The van der Waals surface area contributed by atoms with E-state index in [0.717, 1.165) is 17.7 Å². The Hall–Kier alpha value is -2.71. The molecule has 1 aromatic heterocycles. The first-order valence-electron chi connectivity index (χ1n) is 8.12. The molecule has 0 spiro atoms. The third kappa shape index (κ3) is 5.40. The molecular weight excluding hydrogens is 318 g/mol. The highest BCUT2D eigenvalue weighted by atomic mass is 16.5. The zero-order valence-electron chi connectivity index (χ0n) is 14.9. The molecule has 0 fully saturated rings. The molecule has 0 saturated heterocycles. The zero-order valence-corrected chi connectivity index (χ0v) is 14.9. The lowest BCUT2D eigenvalue weighted by Gasteiger charge is -2.17. The van der Waals surface area contributed by atoms with Gasteiger partial charge < -0.3 is 19.6 Å². The monoisotopic (exact) mass is 341 g/mol. The third-order valence-electron chi connectivity index (χ3n) is 3.55. The van der Waals surface area contributed by atoms with E-state index in [1.807, 2.05) is 31.2 Å². The quantitative estimate of drug-likeness (QED) is 0.819. The lowest BCUT2D eigenvalue weighted by atomic mass is 10.0. The van der Waals surface area contributed by atoms with Crippen LogP contribution in [0.4, 0.5) is 0 Å². The van der Waals surface area contributed by atoms with Gasteiger partial charge in [0.15, 0.2) is 11.5 Å². The summed E-state index contributed by atoms with van der Waals surface area (Å²) in [6.07, 6.45) is 0.740. The second kappa shape index (κ2) is 7.91. The average Bonchev–Trinajstić information content (AvgIpc) is 3.06. The largest absolute Gasteiger partial charge is 0.497 e. The molecule has 0 aliphatic heterocycles. The van der Waals surface area contributed by atoms with Crippen LogP contribution in [-0.4, -0.2) is 23.7 Å². The molecule has 1 heterocycles. The van der Waals surface area contributed by atoms with Crippen molar-refractivity contribution in [2.75, 3.05) is 7.11 Å². The molecule has 132 valence electrons. The maximum absolute atomic E-state index is 12.4. The molecule has 0 aliphatic carbocycles. The van der Waals surface area contributed by atoms with E-state index in [4.69, 9.17) is 9.15 Å². The van der Waals surface area contributed by atoms with E-state index in [1.54, 1.807) is 33.1 Å². The number of hydrogen-bond acceptors (Lipinski definition) is 4. The molecule has 1 aromatic carbocycles. The Morgan fingerprint density at radius 3 is 2.52 bits per heavy atom. The number of nitrogens with one attached hydrogen (secondary N) is 1. The minimum absolute atomic E-state index is 0.130. The van der Waals surface area contributed by atoms with E-state index in [2.05, 4.69) is 17.2 Å². The Morgan fingerprint density at radius 2 is 1.96 bits per heavy atom. The zero-order chi connectivity index (χ0) is 18.4. The van der Waals surface area contributed by atoms with Gasteiger partial charge in [0, 0.05) is 0 Å². The van der Waals surface area contributed by atoms with Crippen molar-refractivity contribution in [2.45, 2.75) is 38.8 Å². The highest BCUT2D eigenvalue weighted by molar-refractivity contribution is 5.91. The SMILES string of the molecule is CCC(NC(=O)c1ccc(C#CC(C)(C)O)o1)c1ccc(OC)cc1. The van der Waals surface area contributed by atoms with Crippen molar-refractivity contribution in [1.29, 1.82) is 0 Å². The van der Waals surface area contributed by atoms with Gasteiger partial charge in [-0.2, -0.15) is 0 Å². The molecule has 1 unspecified atom stereocenters. The van der Waals surface area contributed by atoms with Gasteiger partial charge in [-0.25, -0.2) is 0 Å². The van der Waals surface area contributed by atoms with Crippen molar-refractivity contribution in [3.8, 4) is 17.6 Å². The number of benzene rings is 1. The second-order valence-electron chi connectivity index (χ2n) is 6.18. The van der Waals surface area contributed by atoms with E-state index < -0.39 is 5.60 Å². The summed E-state index contributed by atoms with van der Waals surface area (Å²) in [6, 6.07) is 10.6. The van der Waals surface area contributed by atoms with Crippen LogP contribution in [0, 0.1) is 11.8 Å². The van der Waals surface area contributed by atoms with Crippen molar-refractivity contribution in [2.24, 2.45) is 0 Å². The van der Waals surface area contributed by atoms with Crippen molar-refractivity contribution in [3.63, 3.8) is 0 Å². The minimum atomic E-state index is -1.11. The summed E-state index contributed by atoms with van der Waals surface area (Å²) in [7, 11) is 1.61. The van der Waals surface area contributed by atoms with Gasteiger partial charge in [-0.3, -0.25) is 4.79 Å². The number of methoxy groups -OCH3 is 1. The number of rotatable bonds is 5. The fourth-order valence-electron chi connectivity index (χ4n) is 2.23. The molecule has 1 amide bonds. The van der Waals surface area contributed by atoms with Crippen LogP contribution in [-0.2, 0) is 0 Å². The smallest absolute Gasteiger partial charge is 0.287 e. The highest BCUT2D eigenvalue weighted by Crippen LogP contribution is 2.21. The summed E-state index contributed by atoms with van der Waals surface area (Å²) in [5, 5.41) is 12.6. The van der Waals surface area contributed by atoms with Crippen LogP contribution in [0.3, 0.4) is 0 Å². The van der Waals surface area contributed by atoms with Crippen LogP contribution < -0.4 is 10.1 Å². The fourth-order valence-corrected chi connectivity index (χ4v) is 2.23. The summed E-state index contributed by atoms with van der Waals surface area (Å²) < 4.78 is 10.6. The Morgan fingerprint density at radius 1 is 1.28 bits per heavy atom. The van der Waals surface area contributed by atoms with Crippen molar-refractivity contribution >= 4 is 5.91 Å². The van der Waals surface area contributed by atoms with Crippen molar-refractivity contribution < 1.29 is 19.1 Å². The molecule has 2 aromatic rings. The first-order chi connectivity index (χ1) is 11.8. The Labute approximate surface area is 148 Å². The predicted octanol–water partition coefficient (Wildman–Crippen LogP) is 3.29. The summed E-state index contributed by atoms with van der Waals surface area (Å²) in [5.74, 6) is 6.35. The summed E-state index contributed by atoms with van der Waals surface area (Å²) in [6.45, 7) is 5.16. The molecule has 5 heteroatoms. The first kappa shape index (κ1) is 18.6. The van der Waals surface area contributed by atoms with Crippen LogP contribution >= 0.6 is 0 Å². The lowest BCUT2D eigenvalue weighted by Crippen LogP contribution is -2.27. The molecule has 5 nitrogen and oxygen atoms in total. The minimum Gasteiger partial charge on any atom is -0.497 e. The Balaban J connectivity index is 2.08. The number of furan rings is 1. The molecule has 0 saturated carbocycles. The number of ether oxygens (including phenoxy) is 1. The van der Waals surface area contributed by atoms with Gasteiger partial charge in [0.05, 0.1) is 13.2 Å². The molecule has 25 heavy (non-hydrogen) atoms. The standard InChI is InChI=1S/C20H23NO4/c1-5-17(14-6-8-15(24-4)9-7-14)21-19(22)18-11-10-16(25-18)12-13-20(2,3)23/h6-11,17,23H,5H2,1-4H3,(H,21,22). The molecule has 0 aliphatic rings. The van der Waals surface area contributed by atoms with E-state index in [1.165, 1.54) is 0 Å². The summed E-state index contributed by atoms with van der Waals surface area (Å²) >= 11 is 0. The van der Waals surface area contributed by atoms with Crippen LogP contribution in [0.15, 0.2) is 40.8 Å². The van der Waals surface area contributed by atoms with Crippen LogP contribution in [0.5, 0.6) is 5.75 Å². The van der Waals surface area contributed by atoms with Crippen LogP contribution in [0.2, 0.25) is 0 Å². The van der Waals surface area contributed by atoms with Gasteiger partial charge in [0.2, 0.25) is 0 Å². The molecule has 0 radical (unpaired) electrons. The van der Waals surface area contributed by atoms with E-state index in [-0.39, 0.29) is 17.7 Å². The summed E-state index contributed by atoms with van der Waals surface area (Å²) in [4.78, 5) is 12.4. The normalized spacial score (nSPS) is 12.0. The van der Waals surface area contributed by atoms with E-state index >= 15 is 0 Å². The van der Waals surface area contributed by atoms with Gasteiger partial charge in [-0.1, -0.05) is 25.0 Å². The van der Waals surface area contributed by atoms with E-state index in [0.29, 0.717) is 5.76 Å². The second-order valence-corrected chi connectivity index (χ2v) is 6.18. The predicted molar refractivity (Wildman–Crippen MR) is 95.4 cm³/mol. The number of carbonyl (C=O) groups excluding carboxylic acids is 1. The topological polar surface area (TPSA) is 71.7 Å². The van der Waals surface area contributed by atoms with Crippen molar-refractivity contribution in [1.82, 2.24) is 5.32 Å². The average molecular weight is 341 g/mol. The molecule has 0 bridgehead atoms. The lowest BCUT2D eigenvalue weighted by molar-refractivity contribution is 0.0907. The highest BCUT2D eigenvalue weighted by Gasteiger charge is 2.17. The van der Waals surface area contributed by atoms with Gasteiger partial charge >= 0.3 is 0 Å². The van der Waals surface area contributed by atoms with Gasteiger partial charge in [0.1, 0.15) is 11.4 Å². The number of aliphatic hydroxyl groups is 1. The third-order valence-corrected chi connectivity index (χ3v) is 3.55. The number of hydrogen-bond donors (Lipinski definition) is 2. The maximum atomic E-state index is 12.4. The molecule has 2 rings (SSSR count). The fraction of sp³-hybridized carbons (Fsp3) is 0.350. The van der Waals surface area contributed by atoms with Gasteiger partial charge in [-0.05, 0) is 56.0 Å².